The second kappa shape index (κ2) is 7.14. The topological polar surface area (TPSA) is 84.7 Å². The molecular formula is C15H19BrClN3O4. The van der Waals surface area contributed by atoms with Crippen molar-refractivity contribution in [2.75, 3.05) is 25.0 Å². The van der Waals surface area contributed by atoms with Crippen LogP contribution in [0.15, 0.2) is 16.6 Å². The average molecular weight is 421 g/mol. The number of rotatable bonds is 4. The second-order valence-electron chi connectivity index (χ2n) is 6.67. The van der Waals surface area contributed by atoms with E-state index in [1.807, 2.05) is 20.8 Å². The molecule has 1 saturated heterocycles. The first-order valence-electron chi connectivity index (χ1n) is 7.42. The normalized spacial score (nSPS) is 15.0. The van der Waals surface area contributed by atoms with Gasteiger partial charge >= 0.3 is 6.09 Å². The summed E-state index contributed by atoms with van der Waals surface area (Å²) in [7, 11) is 0. The third-order valence-electron chi connectivity index (χ3n) is 3.43. The monoisotopic (exact) mass is 419 g/mol. The number of anilines is 1. The minimum absolute atomic E-state index is 0.0467. The number of ether oxygens (including phenoxy) is 1. The molecule has 24 heavy (non-hydrogen) atoms. The number of amides is 1. The Hall–Kier alpha value is -1.54. The Morgan fingerprint density at radius 1 is 1.50 bits per heavy atom. The first-order valence-corrected chi connectivity index (χ1v) is 8.59. The molecule has 1 aliphatic rings. The standard InChI is InChI=1S/C15H19BrClN3O4/c1-15(2,3)24-14(21)19-7-9(8-19)6-18-12-5-11(17)10(16)4-13(12)20(22)23/h4-5,9,18H,6-8H2,1-3H3. The van der Waals surface area contributed by atoms with Gasteiger partial charge in [0.25, 0.3) is 5.69 Å². The predicted octanol–water partition coefficient (Wildman–Crippen LogP) is 4.29. The highest BCUT2D eigenvalue weighted by Crippen LogP contribution is 2.34. The van der Waals surface area contributed by atoms with E-state index in [1.165, 1.54) is 12.1 Å². The summed E-state index contributed by atoms with van der Waals surface area (Å²) in [4.78, 5) is 24.1. The molecule has 0 saturated carbocycles. The number of halogens is 2. The van der Waals surface area contributed by atoms with Crippen LogP contribution in [0.4, 0.5) is 16.2 Å². The smallest absolute Gasteiger partial charge is 0.410 e. The number of likely N-dealkylation sites (tertiary alicyclic amines) is 1. The Morgan fingerprint density at radius 3 is 2.67 bits per heavy atom. The van der Waals surface area contributed by atoms with Gasteiger partial charge in [-0.25, -0.2) is 4.79 Å². The summed E-state index contributed by atoms with van der Waals surface area (Å²) >= 11 is 9.18. The van der Waals surface area contributed by atoms with Gasteiger partial charge in [-0.2, -0.15) is 0 Å². The third-order valence-corrected chi connectivity index (χ3v) is 4.62. The molecule has 1 heterocycles. The second-order valence-corrected chi connectivity index (χ2v) is 7.93. The van der Waals surface area contributed by atoms with E-state index in [-0.39, 0.29) is 17.7 Å². The van der Waals surface area contributed by atoms with E-state index >= 15 is 0 Å². The molecule has 0 atom stereocenters. The molecule has 0 radical (unpaired) electrons. The zero-order chi connectivity index (χ0) is 18.1. The summed E-state index contributed by atoms with van der Waals surface area (Å²) in [5.74, 6) is 0.208. The summed E-state index contributed by atoms with van der Waals surface area (Å²) in [5, 5.41) is 14.6. The number of carbonyl (C=O) groups excluding carboxylic acids is 1. The highest BCUT2D eigenvalue weighted by Gasteiger charge is 2.33. The van der Waals surface area contributed by atoms with Gasteiger partial charge < -0.3 is 15.0 Å². The quantitative estimate of drug-likeness (QED) is 0.580. The first-order chi connectivity index (χ1) is 11.1. The molecule has 1 aliphatic heterocycles. The zero-order valence-corrected chi connectivity index (χ0v) is 16.0. The lowest BCUT2D eigenvalue weighted by atomic mass is 10.0. The Balaban J connectivity index is 1.89. The summed E-state index contributed by atoms with van der Waals surface area (Å²) < 4.78 is 5.76. The van der Waals surface area contributed by atoms with E-state index in [2.05, 4.69) is 21.2 Å². The van der Waals surface area contributed by atoms with Crippen LogP contribution in [0.25, 0.3) is 0 Å². The van der Waals surface area contributed by atoms with E-state index < -0.39 is 10.5 Å². The van der Waals surface area contributed by atoms with Crippen molar-refractivity contribution >= 4 is 45.0 Å². The number of hydrogen-bond acceptors (Lipinski definition) is 5. The predicted molar refractivity (Wildman–Crippen MR) is 95.6 cm³/mol. The van der Waals surface area contributed by atoms with Crippen molar-refractivity contribution in [3.63, 3.8) is 0 Å². The van der Waals surface area contributed by atoms with Crippen LogP contribution in [0, 0.1) is 16.0 Å². The fraction of sp³-hybridized carbons (Fsp3) is 0.533. The van der Waals surface area contributed by atoms with Gasteiger partial charge in [-0.15, -0.1) is 0 Å². The maximum atomic E-state index is 11.9. The number of carbonyl (C=O) groups is 1. The van der Waals surface area contributed by atoms with Gasteiger partial charge in [-0.1, -0.05) is 11.6 Å². The Bertz CT molecular complexity index is 657. The molecule has 0 unspecified atom stereocenters. The minimum Gasteiger partial charge on any atom is -0.444 e. The van der Waals surface area contributed by atoms with Crippen LogP contribution >= 0.6 is 27.5 Å². The highest BCUT2D eigenvalue weighted by atomic mass is 79.9. The van der Waals surface area contributed by atoms with Gasteiger partial charge in [0.1, 0.15) is 11.3 Å². The number of nitrogens with one attached hydrogen (secondary N) is 1. The zero-order valence-electron chi connectivity index (χ0n) is 13.6. The molecule has 0 aromatic heterocycles. The molecule has 1 N–H and O–H groups in total. The van der Waals surface area contributed by atoms with Gasteiger partial charge in [0.15, 0.2) is 0 Å². The van der Waals surface area contributed by atoms with Crippen molar-refractivity contribution in [1.29, 1.82) is 0 Å². The van der Waals surface area contributed by atoms with Crippen LogP contribution in [-0.2, 0) is 4.74 Å². The number of benzene rings is 1. The number of nitrogens with zero attached hydrogens (tertiary/aromatic N) is 2. The van der Waals surface area contributed by atoms with E-state index in [9.17, 15) is 14.9 Å². The molecule has 9 heteroatoms. The summed E-state index contributed by atoms with van der Waals surface area (Å²) in [6, 6.07) is 2.90. The van der Waals surface area contributed by atoms with Gasteiger partial charge in [0, 0.05) is 36.1 Å². The van der Waals surface area contributed by atoms with Gasteiger partial charge in [-0.05, 0) is 42.8 Å². The van der Waals surface area contributed by atoms with Crippen molar-refractivity contribution in [3.8, 4) is 0 Å². The minimum atomic E-state index is -0.519. The lowest BCUT2D eigenvalue weighted by Gasteiger charge is -2.39. The molecule has 1 fully saturated rings. The van der Waals surface area contributed by atoms with Crippen LogP contribution in [0.1, 0.15) is 20.8 Å². The SMILES string of the molecule is CC(C)(C)OC(=O)N1CC(CNc2cc(Cl)c(Br)cc2[N+](=O)[O-])C1. The van der Waals surface area contributed by atoms with Gasteiger partial charge in [0.05, 0.1) is 9.95 Å². The summed E-state index contributed by atoms with van der Waals surface area (Å²) in [6.45, 7) is 7.08. The van der Waals surface area contributed by atoms with Crippen molar-refractivity contribution in [1.82, 2.24) is 4.90 Å². The van der Waals surface area contributed by atoms with Crippen LogP contribution in [0.2, 0.25) is 5.02 Å². The van der Waals surface area contributed by atoms with Crippen molar-refractivity contribution in [2.24, 2.45) is 5.92 Å². The van der Waals surface area contributed by atoms with Gasteiger partial charge in [0.2, 0.25) is 0 Å². The maximum absolute atomic E-state index is 11.9. The molecular weight excluding hydrogens is 402 g/mol. The lowest BCUT2D eigenvalue weighted by Crippen LogP contribution is -2.53. The van der Waals surface area contributed by atoms with Crippen molar-refractivity contribution in [3.05, 3.63) is 31.7 Å². The van der Waals surface area contributed by atoms with Crippen LogP contribution in [0.3, 0.4) is 0 Å². The summed E-state index contributed by atoms with van der Waals surface area (Å²) in [6.07, 6.45) is -0.337. The Kier molecular flexibility index (Phi) is 5.59. The van der Waals surface area contributed by atoms with E-state index in [4.69, 9.17) is 16.3 Å². The maximum Gasteiger partial charge on any atom is 0.410 e. The molecule has 1 aromatic rings. The lowest BCUT2D eigenvalue weighted by molar-refractivity contribution is -0.384. The van der Waals surface area contributed by atoms with Crippen LogP contribution in [0.5, 0.6) is 0 Å². The average Bonchev–Trinajstić information content (AvgIpc) is 2.38. The van der Waals surface area contributed by atoms with Crippen LogP contribution < -0.4 is 5.32 Å². The fourth-order valence-electron chi connectivity index (χ4n) is 2.26. The highest BCUT2D eigenvalue weighted by molar-refractivity contribution is 9.10. The third kappa shape index (κ3) is 4.73. The van der Waals surface area contributed by atoms with Crippen molar-refractivity contribution < 1.29 is 14.5 Å². The van der Waals surface area contributed by atoms with Gasteiger partial charge in [-0.3, -0.25) is 10.1 Å². The molecule has 1 amide bonds. The van der Waals surface area contributed by atoms with E-state index in [1.54, 1.807) is 4.90 Å². The van der Waals surface area contributed by atoms with E-state index in [0.717, 1.165) is 0 Å². The first kappa shape index (κ1) is 18.8. The molecule has 1 aromatic carbocycles. The molecule has 132 valence electrons. The summed E-state index contributed by atoms with van der Waals surface area (Å²) in [5.41, 5.74) is -0.201. The number of nitro groups is 1. The Morgan fingerprint density at radius 2 is 2.12 bits per heavy atom. The van der Waals surface area contributed by atoms with Crippen LogP contribution in [-0.4, -0.2) is 41.2 Å². The molecule has 0 aliphatic carbocycles. The Labute approximate surface area is 153 Å². The molecule has 0 bridgehead atoms. The number of hydrogen-bond donors (Lipinski definition) is 1. The fourth-order valence-corrected chi connectivity index (χ4v) is 2.75. The largest absolute Gasteiger partial charge is 0.444 e. The number of nitro benzene ring substituents is 1. The van der Waals surface area contributed by atoms with E-state index in [0.29, 0.717) is 34.8 Å². The molecule has 0 spiro atoms. The molecule has 7 nitrogen and oxygen atoms in total. The van der Waals surface area contributed by atoms with Crippen molar-refractivity contribution in [2.45, 2.75) is 26.4 Å². The molecule has 2 rings (SSSR count).